The van der Waals surface area contributed by atoms with Crippen LogP contribution in [0.1, 0.15) is 11.1 Å². The van der Waals surface area contributed by atoms with Crippen LogP contribution in [0.4, 0.5) is 0 Å². The van der Waals surface area contributed by atoms with Crippen molar-refractivity contribution in [2.24, 2.45) is 0 Å². The lowest BCUT2D eigenvalue weighted by atomic mass is 10.1. The molecule has 1 aromatic rings. The Bertz CT molecular complexity index is 217. The number of rotatable bonds is 0. The first-order valence-corrected chi connectivity index (χ1v) is 4.68. The molecule has 1 aliphatic rings. The van der Waals surface area contributed by atoms with Crippen molar-refractivity contribution in [3.8, 4) is 0 Å². The second-order valence-corrected chi connectivity index (χ2v) is 4.19. The van der Waals surface area contributed by atoms with Gasteiger partial charge in [0.15, 0.2) is 0 Å². The topological polar surface area (TPSA) is 0 Å². The number of alkyl halides is 1. The number of benzene rings is 1. The summed E-state index contributed by atoms with van der Waals surface area (Å²) in [6.07, 6.45) is 3.55. The normalized spacial score (nSPS) is 17.3. The Labute approximate surface area is 74.8 Å². The van der Waals surface area contributed by atoms with E-state index >= 15 is 0 Å². The van der Waals surface area contributed by atoms with Crippen LogP contribution in [0, 0.1) is 6.42 Å². The van der Waals surface area contributed by atoms with Gasteiger partial charge in [-0.15, -0.1) is 0 Å². The molecule has 1 atom stereocenters. The van der Waals surface area contributed by atoms with Gasteiger partial charge in [-0.3, -0.25) is 0 Å². The minimum absolute atomic E-state index is 0.718. The molecule has 1 heteroatoms. The fraction of sp³-hybridized carbons (Fsp3) is 0.222. The monoisotopic (exact) mass is 243 g/mol. The molecule has 0 aromatic heterocycles. The summed E-state index contributed by atoms with van der Waals surface area (Å²) in [7, 11) is 0. The molecule has 1 aromatic carbocycles. The van der Waals surface area contributed by atoms with E-state index < -0.39 is 0 Å². The maximum atomic E-state index is 2.47. The third-order valence-electron chi connectivity index (χ3n) is 1.83. The molecule has 1 unspecified atom stereocenters. The molecule has 0 nitrogen and oxygen atoms in total. The molecule has 0 fully saturated rings. The van der Waals surface area contributed by atoms with Crippen molar-refractivity contribution in [2.45, 2.75) is 10.3 Å². The average Bonchev–Trinajstić information content (AvgIpc) is 2.27. The second kappa shape index (κ2) is 2.53. The summed E-state index contributed by atoms with van der Waals surface area (Å²) < 4.78 is 0.718. The van der Waals surface area contributed by atoms with Crippen LogP contribution in [0.25, 0.3) is 0 Å². The summed E-state index contributed by atoms with van der Waals surface area (Å²) in [4.78, 5) is 0. The van der Waals surface area contributed by atoms with Crippen LogP contribution in [0.3, 0.4) is 0 Å². The molecular weight excluding hydrogens is 235 g/mol. The van der Waals surface area contributed by atoms with Gasteiger partial charge in [-0.2, -0.15) is 0 Å². The summed E-state index contributed by atoms with van der Waals surface area (Å²) >= 11 is 2.47. The molecule has 0 N–H and O–H groups in total. The zero-order valence-corrected chi connectivity index (χ0v) is 7.71. The van der Waals surface area contributed by atoms with E-state index in [-0.39, 0.29) is 0 Å². The van der Waals surface area contributed by atoms with Crippen molar-refractivity contribution < 1.29 is 0 Å². The molecule has 0 saturated carbocycles. The van der Waals surface area contributed by atoms with Gasteiger partial charge in [-0.25, -0.2) is 0 Å². The van der Waals surface area contributed by atoms with Crippen molar-refractivity contribution in [3.05, 3.63) is 41.8 Å². The Morgan fingerprint density at radius 2 is 2.10 bits per heavy atom. The maximum absolute atomic E-state index is 2.47. The first-order valence-electron chi connectivity index (χ1n) is 3.43. The Hall–Kier alpha value is -0.0500. The molecular formula is C9H8I. The van der Waals surface area contributed by atoms with Gasteiger partial charge in [0.1, 0.15) is 0 Å². The highest BCUT2D eigenvalue weighted by atomic mass is 127. The van der Waals surface area contributed by atoms with Gasteiger partial charge in [0, 0.05) is 10.3 Å². The molecule has 0 spiro atoms. The standard InChI is InChI=1S/C9H8I/c10-9-5-7-3-1-2-4-8(7)6-9/h1-5,9H,6H2. The lowest BCUT2D eigenvalue weighted by Gasteiger charge is -1.92. The molecule has 0 saturated heterocycles. The van der Waals surface area contributed by atoms with E-state index in [1.54, 1.807) is 0 Å². The van der Waals surface area contributed by atoms with Crippen LogP contribution >= 0.6 is 22.6 Å². The SMILES string of the molecule is IC1[CH]c2ccccc2C1. The van der Waals surface area contributed by atoms with Crippen LogP contribution in [-0.4, -0.2) is 3.92 Å². The Balaban J connectivity index is 2.42. The Kier molecular flexibility index (Phi) is 1.68. The van der Waals surface area contributed by atoms with Crippen LogP contribution in [0.2, 0.25) is 0 Å². The molecule has 51 valence electrons. The average molecular weight is 243 g/mol. The minimum Gasteiger partial charge on any atom is -0.0816 e. The third kappa shape index (κ3) is 1.07. The van der Waals surface area contributed by atoms with Crippen molar-refractivity contribution >= 4 is 22.6 Å². The summed E-state index contributed by atoms with van der Waals surface area (Å²) in [5.41, 5.74) is 2.93. The molecule has 1 aliphatic carbocycles. The highest BCUT2D eigenvalue weighted by molar-refractivity contribution is 14.1. The van der Waals surface area contributed by atoms with Gasteiger partial charge in [0.2, 0.25) is 0 Å². The lowest BCUT2D eigenvalue weighted by Crippen LogP contribution is -1.90. The molecule has 10 heavy (non-hydrogen) atoms. The highest BCUT2D eigenvalue weighted by Crippen LogP contribution is 2.28. The van der Waals surface area contributed by atoms with Gasteiger partial charge in [0.05, 0.1) is 0 Å². The molecule has 0 aliphatic heterocycles. The van der Waals surface area contributed by atoms with Crippen LogP contribution < -0.4 is 0 Å². The zero-order valence-electron chi connectivity index (χ0n) is 5.55. The van der Waals surface area contributed by atoms with E-state index in [0.29, 0.717) is 0 Å². The van der Waals surface area contributed by atoms with Crippen molar-refractivity contribution in [2.75, 3.05) is 0 Å². The van der Waals surface area contributed by atoms with Crippen LogP contribution in [-0.2, 0) is 6.42 Å². The highest BCUT2D eigenvalue weighted by Gasteiger charge is 2.17. The molecule has 0 amide bonds. The van der Waals surface area contributed by atoms with Crippen molar-refractivity contribution in [1.82, 2.24) is 0 Å². The van der Waals surface area contributed by atoms with Gasteiger partial charge < -0.3 is 0 Å². The maximum Gasteiger partial charge on any atom is 0.0225 e. The summed E-state index contributed by atoms with van der Waals surface area (Å²) in [5.74, 6) is 0. The summed E-state index contributed by atoms with van der Waals surface area (Å²) in [5, 5.41) is 0. The van der Waals surface area contributed by atoms with Gasteiger partial charge in [0.25, 0.3) is 0 Å². The quantitative estimate of drug-likeness (QED) is 0.485. The number of fused-ring (bicyclic) bond motifs is 1. The third-order valence-corrected chi connectivity index (χ3v) is 2.63. The van der Waals surface area contributed by atoms with E-state index in [4.69, 9.17) is 0 Å². The molecule has 0 heterocycles. The van der Waals surface area contributed by atoms with Crippen LogP contribution in [0.15, 0.2) is 24.3 Å². The van der Waals surface area contributed by atoms with Gasteiger partial charge in [-0.05, 0) is 17.5 Å². The van der Waals surface area contributed by atoms with E-state index in [0.717, 1.165) is 3.92 Å². The smallest absolute Gasteiger partial charge is 0.0225 e. The molecule has 0 bridgehead atoms. The summed E-state index contributed by atoms with van der Waals surface area (Å²) in [6, 6.07) is 8.61. The summed E-state index contributed by atoms with van der Waals surface area (Å²) in [6.45, 7) is 0. The second-order valence-electron chi connectivity index (χ2n) is 2.59. The molecule has 1 radical (unpaired) electrons. The van der Waals surface area contributed by atoms with E-state index in [1.807, 2.05) is 0 Å². The van der Waals surface area contributed by atoms with E-state index in [2.05, 4.69) is 53.3 Å². The number of hydrogen-bond acceptors (Lipinski definition) is 0. The Morgan fingerprint density at radius 1 is 1.30 bits per heavy atom. The largest absolute Gasteiger partial charge is 0.0816 e. The van der Waals surface area contributed by atoms with Crippen molar-refractivity contribution in [3.63, 3.8) is 0 Å². The first kappa shape index (κ1) is 6.65. The number of halogens is 1. The first-order chi connectivity index (χ1) is 4.86. The predicted octanol–water partition coefficient (Wildman–Crippen LogP) is 2.60. The van der Waals surface area contributed by atoms with Crippen molar-refractivity contribution in [1.29, 1.82) is 0 Å². The van der Waals surface area contributed by atoms with Crippen LogP contribution in [0.5, 0.6) is 0 Å². The van der Waals surface area contributed by atoms with Gasteiger partial charge >= 0.3 is 0 Å². The minimum atomic E-state index is 0.718. The zero-order chi connectivity index (χ0) is 6.97. The number of hydrogen-bond donors (Lipinski definition) is 0. The predicted molar refractivity (Wildman–Crippen MR) is 51.4 cm³/mol. The molecule has 2 rings (SSSR count). The van der Waals surface area contributed by atoms with E-state index in [1.165, 1.54) is 17.5 Å². The van der Waals surface area contributed by atoms with Gasteiger partial charge in [-0.1, -0.05) is 46.9 Å². The van der Waals surface area contributed by atoms with E-state index in [9.17, 15) is 0 Å². The lowest BCUT2D eigenvalue weighted by molar-refractivity contribution is 1.09. The Morgan fingerprint density at radius 3 is 2.90 bits per heavy atom. The fourth-order valence-electron chi connectivity index (χ4n) is 1.35. The fourth-order valence-corrected chi connectivity index (χ4v) is 2.21.